The predicted octanol–water partition coefficient (Wildman–Crippen LogP) is 2.90. The predicted molar refractivity (Wildman–Crippen MR) is 81.7 cm³/mol. The molecular formula is C15H24N2O4. The molecule has 0 aliphatic rings. The molecule has 0 fully saturated rings. The first-order valence-electron chi connectivity index (χ1n) is 7.22. The van der Waals surface area contributed by atoms with Crippen LogP contribution in [0.3, 0.4) is 0 Å². The Labute approximate surface area is 125 Å². The minimum atomic E-state index is -0.391. The summed E-state index contributed by atoms with van der Waals surface area (Å²) in [7, 11) is 1.63. The van der Waals surface area contributed by atoms with Crippen molar-refractivity contribution in [3.05, 3.63) is 33.9 Å². The van der Waals surface area contributed by atoms with Gasteiger partial charge in [0.2, 0.25) is 0 Å². The zero-order valence-electron chi connectivity index (χ0n) is 12.9. The molecule has 1 atom stereocenters. The van der Waals surface area contributed by atoms with Crippen molar-refractivity contribution >= 4 is 5.69 Å². The van der Waals surface area contributed by atoms with Crippen LogP contribution >= 0.6 is 0 Å². The summed E-state index contributed by atoms with van der Waals surface area (Å²) in [6.07, 6.45) is 2.08. The molecule has 1 aromatic carbocycles. The Morgan fingerprint density at radius 3 is 2.81 bits per heavy atom. The van der Waals surface area contributed by atoms with E-state index >= 15 is 0 Å². The summed E-state index contributed by atoms with van der Waals surface area (Å²) in [5.74, 6) is 0.700. The van der Waals surface area contributed by atoms with Gasteiger partial charge in [0.1, 0.15) is 5.75 Å². The van der Waals surface area contributed by atoms with Crippen LogP contribution in [0.2, 0.25) is 0 Å². The molecule has 0 spiro atoms. The largest absolute Gasteiger partial charge is 0.490 e. The summed E-state index contributed by atoms with van der Waals surface area (Å²) in [6, 6.07) is 4.72. The van der Waals surface area contributed by atoms with Gasteiger partial charge in [0.25, 0.3) is 5.69 Å². The Hall–Kier alpha value is -1.66. The number of nitro groups is 1. The molecule has 0 aliphatic heterocycles. The molecule has 0 aromatic heterocycles. The summed E-state index contributed by atoms with van der Waals surface area (Å²) in [5.41, 5.74) is 0.872. The molecule has 0 heterocycles. The van der Waals surface area contributed by atoms with Gasteiger partial charge in [-0.3, -0.25) is 10.1 Å². The molecule has 21 heavy (non-hydrogen) atoms. The van der Waals surface area contributed by atoms with Crippen LogP contribution in [-0.2, 0) is 11.3 Å². The fourth-order valence-corrected chi connectivity index (χ4v) is 2.01. The number of hydrogen-bond donors (Lipinski definition) is 1. The average Bonchev–Trinajstić information content (AvgIpc) is 2.45. The first-order chi connectivity index (χ1) is 10.1. The smallest absolute Gasteiger partial charge is 0.270 e. The van der Waals surface area contributed by atoms with Crippen molar-refractivity contribution in [3.63, 3.8) is 0 Å². The third-order valence-electron chi connectivity index (χ3n) is 3.08. The highest BCUT2D eigenvalue weighted by Crippen LogP contribution is 2.25. The summed E-state index contributed by atoms with van der Waals surface area (Å²) in [6.45, 7) is 5.90. The van der Waals surface area contributed by atoms with Crippen molar-refractivity contribution in [1.29, 1.82) is 0 Å². The molecule has 1 N–H and O–H groups in total. The third kappa shape index (κ3) is 6.10. The van der Waals surface area contributed by atoms with Gasteiger partial charge < -0.3 is 14.8 Å². The molecule has 1 aromatic rings. The second kappa shape index (κ2) is 9.31. The van der Waals surface area contributed by atoms with E-state index in [1.807, 2.05) is 6.92 Å². The lowest BCUT2D eigenvalue weighted by atomic mass is 10.1. The number of ether oxygens (including phenoxy) is 2. The third-order valence-corrected chi connectivity index (χ3v) is 3.08. The lowest BCUT2D eigenvalue weighted by molar-refractivity contribution is -0.384. The number of nitrogens with zero attached hydrogens (tertiary/aromatic N) is 1. The number of nitrogens with one attached hydrogen (secondary N) is 1. The summed E-state index contributed by atoms with van der Waals surface area (Å²) in [5, 5.41) is 14.1. The molecule has 0 saturated carbocycles. The average molecular weight is 296 g/mol. The van der Waals surface area contributed by atoms with Gasteiger partial charge in [0, 0.05) is 37.9 Å². The molecule has 0 saturated heterocycles. The van der Waals surface area contributed by atoms with Gasteiger partial charge in [-0.2, -0.15) is 0 Å². The van der Waals surface area contributed by atoms with E-state index in [9.17, 15) is 10.1 Å². The van der Waals surface area contributed by atoms with E-state index in [-0.39, 0.29) is 11.8 Å². The summed E-state index contributed by atoms with van der Waals surface area (Å²) < 4.78 is 10.9. The monoisotopic (exact) mass is 296 g/mol. The van der Waals surface area contributed by atoms with Crippen molar-refractivity contribution in [2.45, 2.75) is 39.3 Å². The molecule has 1 unspecified atom stereocenters. The zero-order chi connectivity index (χ0) is 15.7. The summed E-state index contributed by atoms with van der Waals surface area (Å²) in [4.78, 5) is 10.5. The zero-order valence-corrected chi connectivity index (χ0v) is 12.9. The fraction of sp³-hybridized carbons (Fsp3) is 0.600. The Morgan fingerprint density at radius 1 is 1.43 bits per heavy atom. The first-order valence-corrected chi connectivity index (χ1v) is 7.22. The molecular weight excluding hydrogens is 272 g/mol. The topological polar surface area (TPSA) is 73.6 Å². The Balaban J connectivity index is 2.81. The van der Waals surface area contributed by atoms with Crippen molar-refractivity contribution in [2.24, 2.45) is 0 Å². The van der Waals surface area contributed by atoms with E-state index in [2.05, 4.69) is 12.2 Å². The van der Waals surface area contributed by atoms with Gasteiger partial charge >= 0.3 is 0 Å². The van der Waals surface area contributed by atoms with Gasteiger partial charge in [-0.15, -0.1) is 0 Å². The SMILES string of the molecule is CCCC(C)Oc1ccc([N+](=O)[O-])cc1CNCCOC. The molecule has 1 rings (SSSR count). The number of benzene rings is 1. The highest BCUT2D eigenvalue weighted by molar-refractivity contribution is 5.43. The van der Waals surface area contributed by atoms with Crippen LogP contribution < -0.4 is 10.1 Å². The summed E-state index contributed by atoms with van der Waals surface area (Å²) >= 11 is 0. The molecule has 0 amide bonds. The van der Waals surface area contributed by atoms with Crippen LogP contribution in [0.1, 0.15) is 32.3 Å². The number of non-ortho nitro benzene ring substituents is 1. The van der Waals surface area contributed by atoms with Crippen LogP contribution in [0.5, 0.6) is 5.75 Å². The second-order valence-corrected chi connectivity index (χ2v) is 4.94. The van der Waals surface area contributed by atoms with Crippen molar-refractivity contribution in [2.75, 3.05) is 20.3 Å². The van der Waals surface area contributed by atoms with Gasteiger partial charge in [0.05, 0.1) is 17.6 Å². The highest BCUT2D eigenvalue weighted by atomic mass is 16.6. The minimum Gasteiger partial charge on any atom is -0.490 e. The maximum Gasteiger partial charge on any atom is 0.270 e. The fourth-order valence-electron chi connectivity index (χ4n) is 2.01. The van der Waals surface area contributed by atoms with Crippen LogP contribution in [0.4, 0.5) is 5.69 Å². The number of rotatable bonds is 10. The normalized spacial score (nSPS) is 12.1. The number of methoxy groups -OCH3 is 1. The minimum absolute atomic E-state index is 0.0778. The molecule has 118 valence electrons. The maximum absolute atomic E-state index is 10.9. The van der Waals surface area contributed by atoms with Crippen molar-refractivity contribution in [1.82, 2.24) is 5.32 Å². The van der Waals surface area contributed by atoms with E-state index in [4.69, 9.17) is 9.47 Å². The van der Waals surface area contributed by atoms with E-state index in [1.54, 1.807) is 19.2 Å². The molecule has 0 bridgehead atoms. The van der Waals surface area contributed by atoms with Crippen molar-refractivity contribution < 1.29 is 14.4 Å². The van der Waals surface area contributed by atoms with Crippen LogP contribution in [0.15, 0.2) is 18.2 Å². The number of nitro benzene ring substituents is 1. The first kappa shape index (κ1) is 17.4. The van der Waals surface area contributed by atoms with Crippen LogP contribution in [0, 0.1) is 10.1 Å². The highest BCUT2D eigenvalue weighted by Gasteiger charge is 2.13. The second-order valence-electron chi connectivity index (χ2n) is 4.94. The number of hydrogen-bond acceptors (Lipinski definition) is 5. The van der Waals surface area contributed by atoms with E-state index in [0.717, 1.165) is 18.4 Å². The Bertz CT molecular complexity index is 451. The van der Waals surface area contributed by atoms with Gasteiger partial charge in [0.15, 0.2) is 0 Å². The van der Waals surface area contributed by atoms with Crippen LogP contribution in [-0.4, -0.2) is 31.3 Å². The quantitative estimate of drug-likeness (QED) is 0.408. The lowest BCUT2D eigenvalue weighted by Crippen LogP contribution is -2.20. The Kier molecular flexibility index (Phi) is 7.71. The van der Waals surface area contributed by atoms with Gasteiger partial charge in [-0.05, 0) is 19.4 Å². The maximum atomic E-state index is 10.9. The van der Waals surface area contributed by atoms with Gasteiger partial charge in [-0.25, -0.2) is 0 Å². The van der Waals surface area contributed by atoms with Crippen molar-refractivity contribution in [3.8, 4) is 5.75 Å². The van der Waals surface area contributed by atoms with Gasteiger partial charge in [-0.1, -0.05) is 13.3 Å². The van der Waals surface area contributed by atoms with Crippen LogP contribution in [0.25, 0.3) is 0 Å². The standard InChI is InChI=1S/C15H24N2O4/c1-4-5-12(2)21-15-7-6-14(17(18)19)10-13(15)11-16-8-9-20-3/h6-7,10,12,16H,4-5,8-9,11H2,1-3H3. The van der Waals surface area contributed by atoms with E-state index < -0.39 is 4.92 Å². The molecule has 6 nitrogen and oxygen atoms in total. The molecule has 0 aliphatic carbocycles. The Morgan fingerprint density at radius 2 is 2.19 bits per heavy atom. The molecule has 0 radical (unpaired) electrons. The lowest BCUT2D eigenvalue weighted by Gasteiger charge is -2.17. The van der Waals surface area contributed by atoms with E-state index in [1.165, 1.54) is 6.07 Å². The molecule has 6 heteroatoms. The van der Waals surface area contributed by atoms with E-state index in [0.29, 0.717) is 25.4 Å².